The van der Waals surface area contributed by atoms with Crippen molar-refractivity contribution in [3.8, 4) is 9.85 Å². The first-order chi connectivity index (χ1) is 7.36. The van der Waals surface area contributed by atoms with E-state index in [1.807, 2.05) is 18.2 Å². The zero-order valence-electron chi connectivity index (χ0n) is 8.37. The highest BCUT2D eigenvalue weighted by atomic mass is 127. The predicted molar refractivity (Wildman–Crippen MR) is 55.3 cm³/mol. The van der Waals surface area contributed by atoms with Crippen molar-refractivity contribution in [1.82, 2.24) is 0 Å². The van der Waals surface area contributed by atoms with Gasteiger partial charge in [0.25, 0.3) is 0 Å². The number of ketones is 1. The third-order valence-corrected chi connectivity index (χ3v) is 4.42. The lowest BCUT2D eigenvalue weighted by Crippen LogP contribution is -3.59. The van der Waals surface area contributed by atoms with Gasteiger partial charge in [0, 0.05) is 11.8 Å². The van der Waals surface area contributed by atoms with Gasteiger partial charge in [-0.2, -0.15) is 0 Å². The van der Waals surface area contributed by atoms with Crippen LogP contribution in [-0.2, 0) is 4.79 Å². The molecule has 15 heavy (non-hydrogen) atoms. The molecule has 0 aromatic heterocycles. The molecule has 0 atom stereocenters. The molecule has 2 heteroatoms. The molecule has 0 heterocycles. The van der Waals surface area contributed by atoms with Crippen LogP contribution in [0.1, 0.15) is 19.3 Å². The summed E-state index contributed by atoms with van der Waals surface area (Å²) >= 11 is -0.296. The van der Waals surface area contributed by atoms with E-state index in [1.165, 1.54) is 9.99 Å². The van der Waals surface area contributed by atoms with Crippen molar-refractivity contribution >= 4 is 5.78 Å². The molecule has 0 radical (unpaired) electrons. The Kier molecular flexibility index (Phi) is 3.79. The summed E-state index contributed by atoms with van der Waals surface area (Å²) in [6, 6.07) is 10.2. The van der Waals surface area contributed by atoms with Crippen molar-refractivity contribution in [2.45, 2.75) is 19.3 Å². The number of hydrogen-bond acceptors (Lipinski definition) is 1. The quantitative estimate of drug-likeness (QED) is 0.520. The molecule has 0 unspecified atom stereocenters. The van der Waals surface area contributed by atoms with Gasteiger partial charge < -0.3 is 0 Å². The smallest absolute Gasteiger partial charge is 0.284 e. The molecular weight excluding hydrogens is 299 g/mol. The zero-order chi connectivity index (χ0) is 10.5. The minimum Gasteiger partial charge on any atom is -0.284 e. The Morgan fingerprint density at radius 2 is 2.00 bits per heavy atom. The monoisotopic (exact) mass is 311 g/mol. The molecule has 1 aromatic rings. The second-order valence-corrected chi connectivity index (χ2v) is 5.93. The Bertz CT molecular complexity index is 396. The first-order valence-corrected chi connectivity index (χ1v) is 7.26. The molecule has 0 saturated heterocycles. The number of carbonyl (C=O) groups excluding carboxylic acids is 1. The van der Waals surface area contributed by atoms with Gasteiger partial charge in [-0.3, -0.25) is 4.79 Å². The molecular formula is C13H12IO+. The summed E-state index contributed by atoms with van der Waals surface area (Å²) in [5.41, 5.74) is 0. The normalized spacial score (nSPS) is 14.9. The van der Waals surface area contributed by atoms with Crippen LogP contribution in [0.5, 0.6) is 0 Å². The SMILES string of the molecule is O=C(C#C[I+]c1ccccc1)C1CCC1. The molecule has 0 bridgehead atoms. The zero-order valence-corrected chi connectivity index (χ0v) is 10.5. The van der Waals surface area contributed by atoms with E-state index in [0.717, 1.165) is 12.8 Å². The van der Waals surface area contributed by atoms with E-state index in [4.69, 9.17) is 0 Å². The molecule has 76 valence electrons. The van der Waals surface area contributed by atoms with E-state index in [2.05, 4.69) is 22.0 Å². The highest BCUT2D eigenvalue weighted by Gasteiger charge is 2.24. The molecule has 1 aliphatic rings. The number of carbonyl (C=O) groups is 1. The number of rotatable bonds is 2. The number of hydrogen-bond donors (Lipinski definition) is 0. The lowest BCUT2D eigenvalue weighted by atomic mass is 9.82. The fourth-order valence-electron chi connectivity index (χ4n) is 1.37. The molecule has 1 nitrogen and oxygen atoms in total. The molecule has 0 aliphatic heterocycles. The maximum atomic E-state index is 11.5. The number of halogens is 1. The lowest BCUT2D eigenvalue weighted by Gasteiger charge is -2.20. The van der Waals surface area contributed by atoms with Crippen LogP contribution in [0.4, 0.5) is 0 Å². The summed E-state index contributed by atoms with van der Waals surface area (Å²) in [6.45, 7) is 0. The van der Waals surface area contributed by atoms with Gasteiger partial charge in [-0.25, -0.2) is 0 Å². The van der Waals surface area contributed by atoms with Gasteiger partial charge >= 0.3 is 21.2 Å². The first-order valence-electron chi connectivity index (χ1n) is 5.10. The minimum atomic E-state index is -0.296. The largest absolute Gasteiger partial charge is 0.420 e. The predicted octanol–water partition coefficient (Wildman–Crippen LogP) is -0.725. The average molecular weight is 311 g/mol. The van der Waals surface area contributed by atoms with E-state index >= 15 is 0 Å². The van der Waals surface area contributed by atoms with Crippen LogP contribution in [0.2, 0.25) is 0 Å². The maximum absolute atomic E-state index is 11.5. The molecule has 1 aromatic carbocycles. The highest BCUT2D eigenvalue weighted by Crippen LogP contribution is 2.26. The topological polar surface area (TPSA) is 17.1 Å². The van der Waals surface area contributed by atoms with Crippen LogP contribution in [0.3, 0.4) is 0 Å². The van der Waals surface area contributed by atoms with Gasteiger partial charge in [-0.05, 0) is 25.0 Å². The average Bonchev–Trinajstić information content (AvgIpc) is 2.16. The second-order valence-electron chi connectivity index (χ2n) is 3.60. The van der Waals surface area contributed by atoms with Gasteiger partial charge in [-0.1, -0.05) is 24.6 Å². The molecule has 1 saturated carbocycles. The molecule has 1 aliphatic carbocycles. The number of benzene rings is 1. The van der Waals surface area contributed by atoms with Crippen molar-refractivity contribution in [3.63, 3.8) is 0 Å². The van der Waals surface area contributed by atoms with Crippen LogP contribution >= 0.6 is 0 Å². The van der Waals surface area contributed by atoms with Crippen LogP contribution in [0, 0.1) is 19.3 Å². The second kappa shape index (κ2) is 5.32. The van der Waals surface area contributed by atoms with Crippen LogP contribution in [-0.4, -0.2) is 5.78 Å². The Labute approximate surface area is 101 Å². The first kappa shape index (κ1) is 10.7. The Hall–Kier alpha value is -0.820. The van der Waals surface area contributed by atoms with Crippen LogP contribution < -0.4 is 21.2 Å². The van der Waals surface area contributed by atoms with Crippen molar-refractivity contribution in [3.05, 3.63) is 33.9 Å². The third kappa shape index (κ3) is 3.07. The Morgan fingerprint density at radius 3 is 2.60 bits per heavy atom. The van der Waals surface area contributed by atoms with E-state index in [-0.39, 0.29) is 32.9 Å². The maximum Gasteiger partial charge on any atom is 0.420 e. The van der Waals surface area contributed by atoms with Gasteiger partial charge in [0.2, 0.25) is 9.35 Å². The molecule has 0 amide bonds. The van der Waals surface area contributed by atoms with E-state index in [9.17, 15) is 4.79 Å². The fourth-order valence-corrected chi connectivity index (χ4v) is 2.86. The van der Waals surface area contributed by atoms with Crippen molar-refractivity contribution < 1.29 is 26.0 Å². The van der Waals surface area contributed by atoms with Crippen molar-refractivity contribution in [2.75, 3.05) is 0 Å². The van der Waals surface area contributed by atoms with Crippen molar-refractivity contribution in [2.24, 2.45) is 5.92 Å². The summed E-state index contributed by atoms with van der Waals surface area (Å²) in [5.74, 6) is 3.22. The summed E-state index contributed by atoms with van der Waals surface area (Å²) in [7, 11) is 0. The third-order valence-electron chi connectivity index (χ3n) is 2.54. The summed E-state index contributed by atoms with van der Waals surface area (Å²) < 4.78 is 4.34. The summed E-state index contributed by atoms with van der Waals surface area (Å²) in [5, 5.41) is 0. The highest BCUT2D eigenvalue weighted by molar-refractivity contribution is 5.97. The van der Waals surface area contributed by atoms with E-state index in [0.29, 0.717) is 0 Å². The Morgan fingerprint density at radius 1 is 1.27 bits per heavy atom. The van der Waals surface area contributed by atoms with E-state index < -0.39 is 0 Å². The fraction of sp³-hybridized carbons (Fsp3) is 0.308. The van der Waals surface area contributed by atoms with E-state index in [1.54, 1.807) is 0 Å². The van der Waals surface area contributed by atoms with Gasteiger partial charge in [-0.15, -0.1) is 0 Å². The molecule has 0 N–H and O–H groups in total. The van der Waals surface area contributed by atoms with Crippen molar-refractivity contribution in [1.29, 1.82) is 0 Å². The summed E-state index contributed by atoms with van der Waals surface area (Å²) in [6.07, 6.45) is 3.31. The molecule has 2 rings (SSSR count). The lowest BCUT2D eigenvalue weighted by molar-refractivity contribution is -0.535. The summed E-state index contributed by atoms with van der Waals surface area (Å²) in [4.78, 5) is 11.5. The minimum absolute atomic E-state index is 0.164. The van der Waals surface area contributed by atoms with Gasteiger partial charge in [0.15, 0.2) is 3.93 Å². The standard InChI is InChI=1S/C13H12IO/c15-13(11-5-4-6-11)9-10-14-12-7-2-1-3-8-12/h1-3,7-8,11H,4-6H2/q+1. The van der Waals surface area contributed by atoms with Gasteiger partial charge in [0.1, 0.15) is 0 Å². The van der Waals surface area contributed by atoms with Crippen LogP contribution in [0.15, 0.2) is 30.3 Å². The van der Waals surface area contributed by atoms with Crippen LogP contribution in [0.25, 0.3) is 0 Å². The Balaban J connectivity index is 1.87. The molecule has 1 fully saturated rings. The molecule has 0 spiro atoms. The number of Topliss-reactive ketones (excluding diaryl/α,β-unsaturated/α-hetero) is 1. The van der Waals surface area contributed by atoms with Gasteiger partial charge in [0.05, 0.1) is 0 Å².